The largest absolute Gasteiger partial charge is 0.482 e. The number of benzene rings is 1. The van der Waals surface area contributed by atoms with E-state index >= 15 is 0 Å². The molecule has 1 aromatic heterocycles. The number of carbonyl (C=O) groups is 1. The maximum atomic E-state index is 12.6. The maximum Gasteiger partial charge on any atom is 0.265 e. The molecule has 1 aliphatic heterocycles. The monoisotopic (exact) mass is 394 g/mol. The molecule has 146 valence electrons. The van der Waals surface area contributed by atoms with Gasteiger partial charge in [-0.25, -0.2) is 13.1 Å². The van der Waals surface area contributed by atoms with Crippen molar-refractivity contribution in [2.75, 3.05) is 11.5 Å². The number of aromatic nitrogens is 2. The fourth-order valence-corrected chi connectivity index (χ4v) is 4.06. The number of nitrogens with one attached hydrogen (secondary N) is 1. The van der Waals surface area contributed by atoms with Crippen molar-refractivity contribution in [2.24, 2.45) is 0 Å². The highest BCUT2D eigenvalue weighted by Crippen LogP contribution is 2.35. The predicted molar refractivity (Wildman–Crippen MR) is 96.9 cm³/mol. The molecule has 1 aromatic carbocycles. The molecule has 3 rings (SSSR count). The van der Waals surface area contributed by atoms with Crippen molar-refractivity contribution in [3.63, 3.8) is 0 Å². The summed E-state index contributed by atoms with van der Waals surface area (Å²) in [6.07, 6.45) is 0.585. The fourth-order valence-electron chi connectivity index (χ4n) is 2.62. The van der Waals surface area contributed by atoms with Gasteiger partial charge in [0.05, 0.1) is 17.1 Å². The Bertz CT molecular complexity index is 962. The van der Waals surface area contributed by atoms with Gasteiger partial charge in [0.2, 0.25) is 15.9 Å². The third-order valence-corrected chi connectivity index (χ3v) is 5.49. The zero-order chi connectivity index (χ0) is 19.8. The highest BCUT2D eigenvalue weighted by Gasteiger charge is 2.30. The lowest BCUT2D eigenvalue weighted by atomic mass is 10.1. The molecule has 0 bridgehead atoms. The van der Waals surface area contributed by atoms with Gasteiger partial charge in [-0.2, -0.15) is 4.98 Å². The molecule has 9 nitrogen and oxygen atoms in total. The summed E-state index contributed by atoms with van der Waals surface area (Å²) >= 11 is 0. The van der Waals surface area contributed by atoms with Crippen LogP contribution in [0, 0.1) is 0 Å². The lowest BCUT2D eigenvalue weighted by Gasteiger charge is -2.29. The van der Waals surface area contributed by atoms with Crippen LogP contribution in [-0.4, -0.2) is 36.6 Å². The minimum atomic E-state index is -3.76. The van der Waals surface area contributed by atoms with Crippen LogP contribution in [0.15, 0.2) is 27.6 Å². The molecule has 0 spiro atoms. The molecular formula is C17H22N4O5S. The lowest BCUT2D eigenvalue weighted by molar-refractivity contribution is -0.121. The van der Waals surface area contributed by atoms with E-state index in [9.17, 15) is 13.2 Å². The van der Waals surface area contributed by atoms with Gasteiger partial charge < -0.3 is 9.26 Å². The Hall–Kier alpha value is -2.46. The summed E-state index contributed by atoms with van der Waals surface area (Å²) in [5.74, 6) is 0.915. The minimum absolute atomic E-state index is 0.0434. The van der Waals surface area contributed by atoms with E-state index in [0.29, 0.717) is 29.6 Å². The van der Waals surface area contributed by atoms with Gasteiger partial charge in [-0.15, -0.1) is 0 Å². The van der Waals surface area contributed by atoms with E-state index in [1.807, 2.05) is 6.92 Å². The second-order valence-corrected chi connectivity index (χ2v) is 8.89. The molecule has 0 saturated heterocycles. The molecule has 1 amide bonds. The molecule has 0 radical (unpaired) electrons. The summed E-state index contributed by atoms with van der Waals surface area (Å²) in [5, 5.41) is 3.86. The standard InChI is InChI=1S/C17H22N4O5S/c1-5-15-18-14(19-26-15)9-21-12-8-11(27(23,24)20-17(2,3)4)6-7-13(12)25-10-16(21)22/h6-8,20H,5,9-10H2,1-4H3. The van der Waals surface area contributed by atoms with Gasteiger partial charge in [0.25, 0.3) is 5.91 Å². The molecule has 1 N–H and O–H groups in total. The van der Waals surface area contributed by atoms with Gasteiger partial charge in [-0.3, -0.25) is 9.69 Å². The third-order valence-electron chi connectivity index (χ3n) is 3.74. The Morgan fingerprint density at radius 3 is 2.67 bits per heavy atom. The third kappa shape index (κ3) is 4.28. The first-order valence-electron chi connectivity index (χ1n) is 8.52. The van der Waals surface area contributed by atoms with Gasteiger partial charge in [0.15, 0.2) is 12.4 Å². The summed E-state index contributed by atoms with van der Waals surface area (Å²) in [7, 11) is -3.76. The first kappa shape index (κ1) is 19.3. The van der Waals surface area contributed by atoms with Crippen LogP contribution in [-0.2, 0) is 27.8 Å². The number of anilines is 1. The number of hydrogen-bond donors (Lipinski definition) is 1. The van der Waals surface area contributed by atoms with Crippen LogP contribution in [0.4, 0.5) is 5.69 Å². The number of ether oxygens (including phenoxy) is 1. The van der Waals surface area contributed by atoms with Gasteiger partial charge in [0.1, 0.15) is 5.75 Å². The summed E-state index contributed by atoms with van der Waals surface area (Å²) in [5.41, 5.74) is -0.284. The SMILES string of the molecule is CCc1nc(CN2C(=O)COc3ccc(S(=O)(=O)NC(C)(C)C)cc32)no1. The van der Waals surface area contributed by atoms with Crippen LogP contribution in [0.25, 0.3) is 0 Å². The van der Waals surface area contributed by atoms with Crippen molar-refractivity contribution >= 4 is 21.6 Å². The molecule has 2 aromatic rings. The second kappa shape index (κ2) is 6.93. The van der Waals surface area contributed by atoms with Crippen molar-refractivity contribution in [1.82, 2.24) is 14.9 Å². The highest BCUT2D eigenvalue weighted by molar-refractivity contribution is 7.89. The normalized spacial score (nSPS) is 14.8. The summed E-state index contributed by atoms with van der Waals surface area (Å²) in [6.45, 7) is 7.06. The Labute approximate surface area is 157 Å². The number of carbonyl (C=O) groups excluding carboxylic acids is 1. The van der Waals surface area contributed by atoms with Crippen LogP contribution in [0.3, 0.4) is 0 Å². The molecule has 27 heavy (non-hydrogen) atoms. The molecular weight excluding hydrogens is 372 g/mol. The lowest BCUT2D eigenvalue weighted by Crippen LogP contribution is -2.41. The van der Waals surface area contributed by atoms with Crippen LogP contribution in [0.2, 0.25) is 0 Å². The zero-order valence-corrected chi connectivity index (χ0v) is 16.5. The van der Waals surface area contributed by atoms with Crippen molar-refractivity contribution in [3.8, 4) is 5.75 Å². The molecule has 0 saturated carbocycles. The molecule has 2 heterocycles. The average Bonchev–Trinajstić information content (AvgIpc) is 3.02. The Balaban J connectivity index is 1.96. The van der Waals surface area contributed by atoms with Crippen molar-refractivity contribution in [2.45, 2.75) is 51.1 Å². The van der Waals surface area contributed by atoms with Crippen LogP contribution < -0.4 is 14.4 Å². The predicted octanol–water partition coefficient (Wildman–Crippen LogP) is 1.63. The van der Waals surface area contributed by atoms with Crippen molar-refractivity contribution in [3.05, 3.63) is 29.9 Å². The van der Waals surface area contributed by atoms with E-state index in [1.54, 1.807) is 26.8 Å². The van der Waals surface area contributed by atoms with Crippen LogP contribution in [0.1, 0.15) is 39.4 Å². The molecule has 0 fully saturated rings. The van der Waals surface area contributed by atoms with Gasteiger partial charge >= 0.3 is 0 Å². The van der Waals surface area contributed by atoms with E-state index in [0.717, 1.165) is 0 Å². The summed E-state index contributed by atoms with van der Waals surface area (Å²) < 4.78 is 38.4. The quantitative estimate of drug-likeness (QED) is 0.820. The average molecular weight is 394 g/mol. The zero-order valence-electron chi connectivity index (χ0n) is 15.6. The van der Waals surface area contributed by atoms with E-state index in [1.165, 1.54) is 17.0 Å². The smallest absolute Gasteiger partial charge is 0.265 e. The van der Waals surface area contributed by atoms with Crippen LogP contribution >= 0.6 is 0 Å². The fraction of sp³-hybridized carbons (Fsp3) is 0.471. The molecule has 0 atom stereocenters. The molecule has 10 heteroatoms. The molecule has 0 aliphatic carbocycles. The van der Waals surface area contributed by atoms with Gasteiger partial charge in [0, 0.05) is 12.0 Å². The number of hydrogen-bond acceptors (Lipinski definition) is 7. The van der Waals surface area contributed by atoms with Crippen molar-refractivity contribution < 1.29 is 22.5 Å². The summed E-state index contributed by atoms with van der Waals surface area (Å²) in [6, 6.07) is 4.41. The Kier molecular flexibility index (Phi) is 4.96. The van der Waals surface area contributed by atoms with Gasteiger partial charge in [-0.05, 0) is 39.0 Å². The first-order chi connectivity index (χ1) is 12.6. The number of nitrogens with zero attached hydrogens (tertiary/aromatic N) is 3. The number of amides is 1. The van der Waals surface area contributed by atoms with E-state index < -0.39 is 15.6 Å². The number of sulfonamides is 1. The molecule has 0 unspecified atom stereocenters. The Morgan fingerprint density at radius 2 is 2.04 bits per heavy atom. The van der Waals surface area contributed by atoms with Crippen LogP contribution in [0.5, 0.6) is 5.75 Å². The first-order valence-corrected chi connectivity index (χ1v) is 10.00. The summed E-state index contributed by atoms with van der Waals surface area (Å²) in [4.78, 5) is 18.0. The maximum absolute atomic E-state index is 12.6. The van der Waals surface area contributed by atoms with E-state index in [4.69, 9.17) is 9.26 Å². The van der Waals surface area contributed by atoms with Crippen molar-refractivity contribution in [1.29, 1.82) is 0 Å². The highest BCUT2D eigenvalue weighted by atomic mass is 32.2. The van der Waals surface area contributed by atoms with E-state index in [2.05, 4.69) is 14.9 Å². The molecule has 1 aliphatic rings. The minimum Gasteiger partial charge on any atom is -0.482 e. The number of aryl methyl sites for hydroxylation is 1. The Morgan fingerprint density at radius 1 is 1.30 bits per heavy atom. The number of rotatable bonds is 5. The second-order valence-electron chi connectivity index (χ2n) is 7.21. The van der Waals surface area contributed by atoms with Gasteiger partial charge in [-0.1, -0.05) is 12.1 Å². The topological polar surface area (TPSA) is 115 Å². The number of fused-ring (bicyclic) bond motifs is 1. The van der Waals surface area contributed by atoms with E-state index in [-0.39, 0.29) is 24.0 Å².